The highest BCUT2D eigenvalue weighted by Crippen LogP contribution is 2.21. The Balaban J connectivity index is 2.69. The monoisotopic (exact) mass is 185 g/mol. The van der Waals surface area contributed by atoms with Crippen LogP contribution >= 0.6 is 0 Å². The van der Waals surface area contributed by atoms with Gasteiger partial charge in [-0.15, -0.1) is 0 Å². The molecule has 72 valence electrons. The lowest BCUT2D eigenvalue weighted by atomic mass is 10.0. The molecular weight excluding hydrogens is 170 g/mol. The van der Waals surface area contributed by atoms with Crippen LogP contribution in [-0.2, 0) is 6.42 Å². The number of hydrogen-bond acceptors (Lipinski definition) is 1. The molecule has 0 radical (unpaired) electrons. The van der Waals surface area contributed by atoms with Gasteiger partial charge in [0.1, 0.15) is 0 Å². The third kappa shape index (κ3) is 1.50. The second-order valence-corrected chi connectivity index (χ2v) is 3.69. The number of hydrogen-bond donors (Lipinski definition) is 0. The van der Waals surface area contributed by atoms with Gasteiger partial charge < -0.3 is 0 Å². The standard InChI is InChI=1S/C13H15N/c1-3-5-12-10(2)7-8-11-6-4-9-14-13(11)12/h4,6-9H,3,5H2,1-2H3. The molecule has 0 unspecified atom stereocenters. The summed E-state index contributed by atoms with van der Waals surface area (Å²) >= 11 is 0. The van der Waals surface area contributed by atoms with E-state index in [1.807, 2.05) is 12.3 Å². The van der Waals surface area contributed by atoms with E-state index in [1.54, 1.807) is 0 Å². The van der Waals surface area contributed by atoms with E-state index in [-0.39, 0.29) is 0 Å². The van der Waals surface area contributed by atoms with Crippen LogP contribution in [-0.4, -0.2) is 4.98 Å². The minimum Gasteiger partial charge on any atom is -0.256 e. The highest BCUT2D eigenvalue weighted by Gasteiger charge is 2.03. The van der Waals surface area contributed by atoms with Crippen LogP contribution < -0.4 is 0 Å². The van der Waals surface area contributed by atoms with E-state index in [0.717, 1.165) is 6.42 Å². The van der Waals surface area contributed by atoms with Crippen molar-refractivity contribution in [3.63, 3.8) is 0 Å². The molecule has 0 aliphatic carbocycles. The molecule has 14 heavy (non-hydrogen) atoms. The number of aromatic nitrogens is 1. The zero-order valence-electron chi connectivity index (χ0n) is 8.75. The molecule has 0 aliphatic rings. The predicted molar refractivity (Wildman–Crippen MR) is 60.5 cm³/mol. The molecule has 0 amide bonds. The minimum atomic E-state index is 1.13. The maximum Gasteiger partial charge on any atom is 0.0736 e. The summed E-state index contributed by atoms with van der Waals surface area (Å²) in [7, 11) is 0. The largest absolute Gasteiger partial charge is 0.256 e. The van der Waals surface area contributed by atoms with Gasteiger partial charge in [0.15, 0.2) is 0 Å². The van der Waals surface area contributed by atoms with Gasteiger partial charge in [-0.25, -0.2) is 0 Å². The summed E-state index contributed by atoms with van der Waals surface area (Å²) in [5.41, 5.74) is 3.94. The number of rotatable bonds is 2. The molecular formula is C13H15N. The normalized spacial score (nSPS) is 10.7. The number of fused-ring (bicyclic) bond motifs is 1. The first-order chi connectivity index (χ1) is 6.83. The van der Waals surface area contributed by atoms with Crippen LogP contribution in [0.2, 0.25) is 0 Å². The van der Waals surface area contributed by atoms with Crippen molar-refractivity contribution in [2.24, 2.45) is 0 Å². The van der Waals surface area contributed by atoms with Crippen LogP contribution in [0.4, 0.5) is 0 Å². The predicted octanol–water partition coefficient (Wildman–Crippen LogP) is 3.50. The summed E-state index contributed by atoms with van der Waals surface area (Å²) in [6.07, 6.45) is 4.18. The summed E-state index contributed by atoms with van der Waals surface area (Å²) < 4.78 is 0. The van der Waals surface area contributed by atoms with Crippen LogP contribution in [0.15, 0.2) is 30.5 Å². The summed E-state index contributed by atoms with van der Waals surface area (Å²) in [6, 6.07) is 8.46. The Morgan fingerprint density at radius 1 is 1.21 bits per heavy atom. The van der Waals surface area contributed by atoms with Gasteiger partial charge in [0.05, 0.1) is 5.52 Å². The number of aryl methyl sites for hydroxylation is 2. The van der Waals surface area contributed by atoms with Gasteiger partial charge in [-0.1, -0.05) is 31.5 Å². The van der Waals surface area contributed by atoms with Crippen molar-refractivity contribution in [3.05, 3.63) is 41.6 Å². The molecule has 1 heteroatoms. The Bertz CT molecular complexity index is 446. The van der Waals surface area contributed by atoms with Gasteiger partial charge >= 0.3 is 0 Å². The molecule has 0 aliphatic heterocycles. The van der Waals surface area contributed by atoms with E-state index in [0.29, 0.717) is 0 Å². The van der Waals surface area contributed by atoms with Crippen LogP contribution in [0, 0.1) is 6.92 Å². The third-order valence-electron chi connectivity index (χ3n) is 2.61. The Morgan fingerprint density at radius 2 is 2.07 bits per heavy atom. The average molecular weight is 185 g/mol. The van der Waals surface area contributed by atoms with Crippen LogP contribution in [0.1, 0.15) is 24.5 Å². The van der Waals surface area contributed by atoms with E-state index in [1.165, 1.54) is 28.5 Å². The molecule has 0 fully saturated rings. The molecule has 1 aromatic heterocycles. The second-order valence-electron chi connectivity index (χ2n) is 3.69. The van der Waals surface area contributed by atoms with E-state index >= 15 is 0 Å². The molecule has 0 N–H and O–H groups in total. The van der Waals surface area contributed by atoms with Gasteiger partial charge in [-0.2, -0.15) is 0 Å². The summed E-state index contributed by atoms with van der Waals surface area (Å²) in [4.78, 5) is 4.46. The molecule has 0 atom stereocenters. The SMILES string of the molecule is CCCc1c(C)ccc2cccnc12. The topological polar surface area (TPSA) is 12.9 Å². The van der Waals surface area contributed by atoms with Crippen molar-refractivity contribution in [3.8, 4) is 0 Å². The molecule has 2 aromatic rings. The lowest BCUT2D eigenvalue weighted by Crippen LogP contribution is -1.92. The molecule has 0 spiro atoms. The lowest BCUT2D eigenvalue weighted by Gasteiger charge is -2.07. The first-order valence-electron chi connectivity index (χ1n) is 5.16. The second kappa shape index (κ2) is 3.79. The smallest absolute Gasteiger partial charge is 0.0736 e. The highest BCUT2D eigenvalue weighted by atomic mass is 14.6. The molecule has 1 heterocycles. The van der Waals surface area contributed by atoms with Gasteiger partial charge in [0.25, 0.3) is 0 Å². The van der Waals surface area contributed by atoms with E-state index in [2.05, 4.69) is 37.0 Å². The third-order valence-corrected chi connectivity index (χ3v) is 2.61. The maximum atomic E-state index is 4.46. The van der Waals surface area contributed by atoms with Gasteiger partial charge in [0.2, 0.25) is 0 Å². The van der Waals surface area contributed by atoms with Gasteiger partial charge in [-0.3, -0.25) is 4.98 Å². The summed E-state index contributed by atoms with van der Waals surface area (Å²) in [5, 5.41) is 1.25. The first kappa shape index (κ1) is 9.20. The van der Waals surface area contributed by atoms with Crippen LogP contribution in [0.3, 0.4) is 0 Å². The van der Waals surface area contributed by atoms with E-state index in [4.69, 9.17) is 0 Å². The first-order valence-corrected chi connectivity index (χ1v) is 5.16. The molecule has 0 saturated heterocycles. The van der Waals surface area contributed by atoms with Crippen molar-refractivity contribution in [1.29, 1.82) is 0 Å². The molecule has 0 saturated carbocycles. The fourth-order valence-electron chi connectivity index (χ4n) is 1.87. The van der Waals surface area contributed by atoms with Crippen LogP contribution in [0.25, 0.3) is 10.9 Å². The van der Waals surface area contributed by atoms with Crippen molar-refractivity contribution in [2.75, 3.05) is 0 Å². The molecule has 2 rings (SSSR count). The van der Waals surface area contributed by atoms with E-state index in [9.17, 15) is 0 Å². The van der Waals surface area contributed by atoms with Crippen molar-refractivity contribution in [1.82, 2.24) is 4.98 Å². The zero-order chi connectivity index (χ0) is 9.97. The maximum absolute atomic E-state index is 4.46. The fourth-order valence-corrected chi connectivity index (χ4v) is 1.87. The molecule has 1 aromatic carbocycles. The Morgan fingerprint density at radius 3 is 2.86 bits per heavy atom. The van der Waals surface area contributed by atoms with Crippen molar-refractivity contribution < 1.29 is 0 Å². The lowest BCUT2D eigenvalue weighted by molar-refractivity contribution is 0.918. The summed E-state index contributed by atoms with van der Waals surface area (Å²) in [6.45, 7) is 4.38. The van der Waals surface area contributed by atoms with Crippen molar-refractivity contribution >= 4 is 10.9 Å². The molecule has 1 nitrogen and oxygen atoms in total. The molecule has 0 bridgehead atoms. The van der Waals surface area contributed by atoms with Gasteiger partial charge in [0, 0.05) is 11.6 Å². The number of pyridine rings is 1. The summed E-state index contributed by atoms with van der Waals surface area (Å²) in [5.74, 6) is 0. The Hall–Kier alpha value is -1.37. The number of benzene rings is 1. The quantitative estimate of drug-likeness (QED) is 0.697. The van der Waals surface area contributed by atoms with Crippen molar-refractivity contribution in [2.45, 2.75) is 26.7 Å². The average Bonchev–Trinajstić information content (AvgIpc) is 2.23. The Labute approximate surface area is 84.8 Å². The van der Waals surface area contributed by atoms with Crippen LogP contribution in [0.5, 0.6) is 0 Å². The Kier molecular flexibility index (Phi) is 2.49. The fraction of sp³-hybridized carbons (Fsp3) is 0.308. The number of nitrogens with zero attached hydrogens (tertiary/aromatic N) is 1. The zero-order valence-corrected chi connectivity index (χ0v) is 8.75. The van der Waals surface area contributed by atoms with Gasteiger partial charge in [-0.05, 0) is 30.5 Å². The highest BCUT2D eigenvalue weighted by molar-refractivity contribution is 5.82. The minimum absolute atomic E-state index is 1.13. The van der Waals surface area contributed by atoms with E-state index < -0.39 is 0 Å².